The van der Waals surface area contributed by atoms with Crippen molar-refractivity contribution < 1.29 is 0 Å². The molecule has 2 atom stereocenters. The van der Waals surface area contributed by atoms with Gasteiger partial charge in [-0.05, 0) is 36.0 Å². The molecule has 0 aliphatic heterocycles. The fourth-order valence-corrected chi connectivity index (χ4v) is 1.72. The average molecular weight is 198 g/mol. The average Bonchev–Trinajstić information content (AvgIpc) is 2.13. The van der Waals surface area contributed by atoms with E-state index in [2.05, 4.69) is 48.5 Å². The van der Waals surface area contributed by atoms with Crippen molar-refractivity contribution in [3.63, 3.8) is 0 Å². The molecule has 0 heteroatoms. The van der Waals surface area contributed by atoms with Crippen LogP contribution in [0.2, 0.25) is 0 Å². The van der Waals surface area contributed by atoms with E-state index in [0.717, 1.165) is 17.8 Å². The van der Waals surface area contributed by atoms with E-state index in [0.29, 0.717) is 5.41 Å². The number of hydrogen-bond acceptors (Lipinski definition) is 0. The van der Waals surface area contributed by atoms with Crippen LogP contribution in [-0.2, 0) is 0 Å². The lowest BCUT2D eigenvalue weighted by atomic mass is 9.77. The van der Waals surface area contributed by atoms with E-state index in [-0.39, 0.29) is 0 Å². The molecule has 86 valence electrons. The van der Waals surface area contributed by atoms with Crippen LogP contribution in [0, 0.1) is 23.2 Å². The van der Waals surface area contributed by atoms with Crippen molar-refractivity contribution in [1.82, 2.24) is 0 Å². The fourth-order valence-electron chi connectivity index (χ4n) is 1.72. The number of rotatable bonds is 6. The maximum atomic E-state index is 2.41. The van der Waals surface area contributed by atoms with Crippen LogP contribution in [0.25, 0.3) is 0 Å². The van der Waals surface area contributed by atoms with Crippen LogP contribution in [0.4, 0.5) is 0 Å². The van der Waals surface area contributed by atoms with E-state index in [4.69, 9.17) is 0 Å². The third kappa shape index (κ3) is 5.02. The predicted molar refractivity (Wildman–Crippen MR) is 66.5 cm³/mol. The van der Waals surface area contributed by atoms with Crippen molar-refractivity contribution in [3.8, 4) is 0 Å². The molecular weight excluding hydrogens is 168 g/mol. The second-order valence-electron chi connectivity index (χ2n) is 6.14. The third-order valence-electron chi connectivity index (χ3n) is 4.18. The number of hydrogen-bond donors (Lipinski definition) is 0. The van der Waals surface area contributed by atoms with Gasteiger partial charge < -0.3 is 0 Å². The zero-order valence-corrected chi connectivity index (χ0v) is 11.4. The highest BCUT2D eigenvalue weighted by Gasteiger charge is 2.20. The normalized spacial score (nSPS) is 17.1. The summed E-state index contributed by atoms with van der Waals surface area (Å²) in [5.41, 5.74) is 0.547. The van der Waals surface area contributed by atoms with Gasteiger partial charge in [0.25, 0.3) is 0 Å². The summed E-state index contributed by atoms with van der Waals surface area (Å²) in [6.45, 7) is 16.6. The third-order valence-corrected chi connectivity index (χ3v) is 4.18. The summed E-state index contributed by atoms with van der Waals surface area (Å²) in [7, 11) is 0. The molecule has 0 rings (SSSR count). The molecule has 0 nitrogen and oxygen atoms in total. The van der Waals surface area contributed by atoms with Crippen molar-refractivity contribution in [1.29, 1.82) is 0 Å². The van der Waals surface area contributed by atoms with Gasteiger partial charge in [-0.3, -0.25) is 0 Å². The molecule has 0 aromatic carbocycles. The second kappa shape index (κ2) is 5.78. The van der Waals surface area contributed by atoms with Crippen LogP contribution < -0.4 is 0 Å². The van der Waals surface area contributed by atoms with E-state index in [9.17, 15) is 0 Å². The molecule has 0 N–H and O–H groups in total. The quantitative estimate of drug-likeness (QED) is 0.555. The monoisotopic (exact) mass is 198 g/mol. The van der Waals surface area contributed by atoms with E-state index in [1.807, 2.05) is 0 Å². The first-order valence-corrected chi connectivity index (χ1v) is 6.30. The van der Waals surface area contributed by atoms with Gasteiger partial charge in [0.05, 0.1) is 0 Å². The van der Waals surface area contributed by atoms with Crippen LogP contribution in [-0.4, -0.2) is 0 Å². The van der Waals surface area contributed by atoms with Crippen molar-refractivity contribution in [3.05, 3.63) is 0 Å². The van der Waals surface area contributed by atoms with E-state index < -0.39 is 0 Å². The Morgan fingerprint density at radius 3 is 1.86 bits per heavy atom. The molecule has 0 spiro atoms. The Morgan fingerprint density at radius 1 is 1.00 bits per heavy atom. The Labute approximate surface area is 91.5 Å². The lowest BCUT2D eigenvalue weighted by Gasteiger charge is -2.28. The summed E-state index contributed by atoms with van der Waals surface area (Å²) in [5, 5.41) is 0. The van der Waals surface area contributed by atoms with Crippen molar-refractivity contribution in [2.75, 3.05) is 0 Å². The van der Waals surface area contributed by atoms with Crippen LogP contribution in [0.1, 0.15) is 67.7 Å². The molecule has 0 fully saturated rings. The summed E-state index contributed by atoms with van der Waals surface area (Å²) in [6.07, 6.45) is 4.07. The first kappa shape index (κ1) is 14.0. The summed E-state index contributed by atoms with van der Waals surface area (Å²) in [6, 6.07) is 0. The Balaban J connectivity index is 3.90. The van der Waals surface area contributed by atoms with Gasteiger partial charge in [0, 0.05) is 0 Å². The van der Waals surface area contributed by atoms with Crippen LogP contribution in [0.3, 0.4) is 0 Å². The summed E-state index contributed by atoms with van der Waals surface area (Å²) < 4.78 is 0. The van der Waals surface area contributed by atoms with Gasteiger partial charge in [0.15, 0.2) is 0 Å². The van der Waals surface area contributed by atoms with Gasteiger partial charge >= 0.3 is 0 Å². The highest BCUT2D eigenvalue weighted by molar-refractivity contribution is 4.71. The van der Waals surface area contributed by atoms with Gasteiger partial charge in [-0.25, -0.2) is 0 Å². The molecule has 0 heterocycles. The van der Waals surface area contributed by atoms with Crippen molar-refractivity contribution in [2.24, 2.45) is 23.2 Å². The topological polar surface area (TPSA) is 0 Å². The molecule has 0 saturated heterocycles. The van der Waals surface area contributed by atoms with Crippen LogP contribution in [0.5, 0.6) is 0 Å². The molecule has 0 aromatic rings. The fraction of sp³-hybridized carbons (Fsp3) is 1.00. The maximum absolute atomic E-state index is 2.41. The largest absolute Gasteiger partial charge is 0.0649 e. The van der Waals surface area contributed by atoms with Crippen molar-refractivity contribution >= 4 is 0 Å². The maximum Gasteiger partial charge on any atom is -0.0357 e. The Bertz CT molecular complexity index is 144. The lowest BCUT2D eigenvalue weighted by molar-refractivity contribution is 0.227. The molecule has 2 unspecified atom stereocenters. The van der Waals surface area contributed by atoms with Gasteiger partial charge in [-0.15, -0.1) is 0 Å². The molecule has 14 heavy (non-hydrogen) atoms. The van der Waals surface area contributed by atoms with Crippen molar-refractivity contribution in [2.45, 2.75) is 67.7 Å². The minimum absolute atomic E-state index is 0.547. The standard InChI is InChI=1S/C14H30/c1-8-14(6,7)10-9-12(4)13(5)11(2)3/h11-13H,8-10H2,1-7H3. The Morgan fingerprint density at radius 2 is 1.50 bits per heavy atom. The summed E-state index contributed by atoms with van der Waals surface area (Å²) >= 11 is 0. The molecule has 0 bridgehead atoms. The van der Waals surface area contributed by atoms with Gasteiger partial charge in [0.2, 0.25) is 0 Å². The summed E-state index contributed by atoms with van der Waals surface area (Å²) in [5.74, 6) is 2.57. The zero-order chi connectivity index (χ0) is 11.4. The molecule has 0 aromatic heterocycles. The van der Waals surface area contributed by atoms with Gasteiger partial charge in [0.1, 0.15) is 0 Å². The Hall–Kier alpha value is 0. The molecular formula is C14H30. The first-order chi connectivity index (χ1) is 6.30. The summed E-state index contributed by atoms with van der Waals surface area (Å²) in [4.78, 5) is 0. The zero-order valence-electron chi connectivity index (χ0n) is 11.4. The molecule has 0 aliphatic carbocycles. The SMILES string of the molecule is CCC(C)(C)CCC(C)C(C)C(C)C. The molecule has 0 aliphatic rings. The lowest BCUT2D eigenvalue weighted by Crippen LogP contribution is -2.18. The highest BCUT2D eigenvalue weighted by Crippen LogP contribution is 2.31. The smallest absolute Gasteiger partial charge is 0.0357 e. The van der Waals surface area contributed by atoms with Crippen LogP contribution in [0.15, 0.2) is 0 Å². The Kier molecular flexibility index (Phi) is 5.78. The van der Waals surface area contributed by atoms with E-state index in [1.54, 1.807) is 0 Å². The van der Waals surface area contributed by atoms with Gasteiger partial charge in [-0.2, -0.15) is 0 Å². The van der Waals surface area contributed by atoms with E-state index in [1.165, 1.54) is 19.3 Å². The van der Waals surface area contributed by atoms with Crippen LogP contribution >= 0.6 is 0 Å². The van der Waals surface area contributed by atoms with E-state index >= 15 is 0 Å². The minimum Gasteiger partial charge on any atom is -0.0649 e. The second-order valence-corrected chi connectivity index (χ2v) is 6.14. The van der Waals surface area contributed by atoms with Gasteiger partial charge in [-0.1, -0.05) is 54.9 Å². The molecule has 0 saturated carbocycles. The predicted octanol–water partition coefficient (Wildman–Crippen LogP) is 5.13. The minimum atomic E-state index is 0.547. The first-order valence-electron chi connectivity index (χ1n) is 6.30. The highest BCUT2D eigenvalue weighted by atomic mass is 14.3. The molecule has 0 amide bonds. The molecule has 0 radical (unpaired) electrons.